The fraction of sp³-hybridized carbons (Fsp3) is 0.333. The van der Waals surface area contributed by atoms with Gasteiger partial charge in [-0.3, -0.25) is 4.79 Å². The Morgan fingerprint density at radius 2 is 2.00 bits per heavy atom. The molecule has 112 valence electrons. The van der Waals surface area contributed by atoms with Gasteiger partial charge in [-0.05, 0) is 38.5 Å². The van der Waals surface area contributed by atoms with E-state index in [-0.39, 0.29) is 22.9 Å². The largest absolute Gasteiger partial charge is 0.350 e. The van der Waals surface area contributed by atoms with Gasteiger partial charge in [0.15, 0.2) is 0 Å². The molecule has 0 aliphatic carbocycles. The smallest absolute Gasteiger partial charge is 0.256 e. The molecule has 6 heteroatoms. The number of nitrogens with one attached hydrogen (secondary N) is 1. The highest BCUT2D eigenvalue weighted by Crippen LogP contribution is 2.21. The molecule has 0 bridgehead atoms. The van der Waals surface area contributed by atoms with Gasteiger partial charge in [-0.15, -0.1) is 0 Å². The van der Waals surface area contributed by atoms with Crippen LogP contribution in [0.25, 0.3) is 0 Å². The molecule has 0 aliphatic heterocycles. The number of carbonyl (C=O) groups is 1. The minimum absolute atomic E-state index is 0.0217. The third-order valence-electron chi connectivity index (χ3n) is 2.96. The molecule has 1 N–H and O–H groups in total. The normalized spacial score (nSPS) is 11.0. The van der Waals surface area contributed by atoms with E-state index in [4.69, 9.17) is 11.6 Å². The second kappa shape index (κ2) is 6.26. The summed E-state index contributed by atoms with van der Waals surface area (Å²) in [7, 11) is 0. The predicted octanol–water partition coefficient (Wildman–Crippen LogP) is 3.17. The zero-order valence-electron chi connectivity index (χ0n) is 12.2. The number of aryl methyl sites for hydroxylation is 1. The summed E-state index contributed by atoms with van der Waals surface area (Å²) in [5, 5.41) is 7.37. The van der Waals surface area contributed by atoms with Crippen LogP contribution in [0.2, 0.25) is 5.15 Å². The number of amides is 1. The molecule has 0 spiro atoms. The first-order valence-corrected chi connectivity index (χ1v) is 7.04. The number of benzene rings is 1. The van der Waals surface area contributed by atoms with Gasteiger partial charge in [-0.2, -0.15) is 5.10 Å². The molecule has 21 heavy (non-hydrogen) atoms. The summed E-state index contributed by atoms with van der Waals surface area (Å²) in [6, 6.07) is 6.11. The van der Waals surface area contributed by atoms with Crippen LogP contribution in [0.3, 0.4) is 0 Å². The highest BCUT2D eigenvalue weighted by Gasteiger charge is 2.20. The number of rotatable bonds is 4. The monoisotopic (exact) mass is 309 g/mol. The Hall–Kier alpha value is -1.88. The van der Waals surface area contributed by atoms with Crippen molar-refractivity contribution in [3.05, 3.63) is 52.1 Å². The molecule has 4 nitrogen and oxygen atoms in total. The first-order valence-electron chi connectivity index (χ1n) is 6.66. The van der Waals surface area contributed by atoms with E-state index in [9.17, 15) is 9.18 Å². The first kappa shape index (κ1) is 15.5. The lowest BCUT2D eigenvalue weighted by molar-refractivity contribution is 0.0942. The fourth-order valence-electron chi connectivity index (χ4n) is 2.01. The van der Waals surface area contributed by atoms with Crippen molar-refractivity contribution in [2.24, 2.45) is 0 Å². The van der Waals surface area contributed by atoms with Crippen LogP contribution < -0.4 is 5.32 Å². The lowest BCUT2D eigenvalue weighted by atomic mass is 10.2. The van der Waals surface area contributed by atoms with Gasteiger partial charge in [0, 0.05) is 6.04 Å². The van der Waals surface area contributed by atoms with Crippen molar-refractivity contribution < 1.29 is 9.18 Å². The van der Waals surface area contributed by atoms with Gasteiger partial charge in [0.1, 0.15) is 11.0 Å². The van der Waals surface area contributed by atoms with Crippen LogP contribution in [0.4, 0.5) is 4.39 Å². The van der Waals surface area contributed by atoms with Crippen LogP contribution in [0, 0.1) is 12.7 Å². The van der Waals surface area contributed by atoms with E-state index in [1.807, 2.05) is 13.8 Å². The molecule has 0 unspecified atom stereocenters. The van der Waals surface area contributed by atoms with Crippen molar-refractivity contribution in [2.75, 3.05) is 0 Å². The van der Waals surface area contributed by atoms with Crippen molar-refractivity contribution in [1.29, 1.82) is 0 Å². The van der Waals surface area contributed by atoms with Gasteiger partial charge >= 0.3 is 0 Å². The second-order valence-electron chi connectivity index (χ2n) is 5.16. The van der Waals surface area contributed by atoms with Gasteiger partial charge in [-0.25, -0.2) is 9.07 Å². The van der Waals surface area contributed by atoms with Gasteiger partial charge in [0.2, 0.25) is 0 Å². The molecular weight excluding hydrogens is 293 g/mol. The molecule has 0 atom stereocenters. The SMILES string of the molecule is Cc1nn(Cc2ccc(F)cc2)c(Cl)c1C(=O)NC(C)C. The Labute approximate surface area is 127 Å². The molecule has 1 aromatic heterocycles. The van der Waals surface area contributed by atoms with E-state index in [2.05, 4.69) is 10.4 Å². The summed E-state index contributed by atoms with van der Waals surface area (Å²) in [5.41, 5.74) is 1.81. The third-order valence-corrected chi connectivity index (χ3v) is 3.34. The summed E-state index contributed by atoms with van der Waals surface area (Å²) in [4.78, 5) is 12.1. The standard InChI is InChI=1S/C15H17ClFN3O/c1-9(2)18-15(21)13-10(3)19-20(14(13)16)8-11-4-6-12(17)7-5-11/h4-7,9H,8H2,1-3H3,(H,18,21). The zero-order chi connectivity index (χ0) is 15.6. The molecule has 2 aromatic rings. The number of hydrogen-bond acceptors (Lipinski definition) is 2. The highest BCUT2D eigenvalue weighted by atomic mass is 35.5. The summed E-state index contributed by atoms with van der Waals surface area (Å²) < 4.78 is 14.4. The maximum atomic E-state index is 12.9. The van der Waals surface area contributed by atoms with Crippen molar-refractivity contribution in [3.63, 3.8) is 0 Å². The van der Waals surface area contributed by atoms with Crippen molar-refractivity contribution in [3.8, 4) is 0 Å². The summed E-state index contributed by atoms with van der Waals surface area (Å²) >= 11 is 6.25. The van der Waals surface area contributed by atoms with E-state index in [0.717, 1.165) is 5.56 Å². The lowest BCUT2D eigenvalue weighted by Gasteiger charge is -2.08. The van der Waals surface area contributed by atoms with Crippen LogP contribution in [0.5, 0.6) is 0 Å². The van der Waals surface area contributed by atoms with Crippen molar-refractivity contribution >= 4 is 17.5 Å². The van der Waals surface area contributed by atoms with E-state index in [0.29, 0.717) is 17.8 Å². The van der Waals surface area contributed by atoms with E-state index in [1.165, 1.54) is 12.1 Å². The molecule has 2 rings (SSSR count). The van der Waals surface area contributed by atoms with E-state index in [1.54, 1.807) is 23.7 Å². The summed E-state index contributed by atoms with van der Waals surface area (Å²) in [6.07, 6.45) is 0. The van der Waals surface area contributed by atoms with E-state index >= 15 is 0 Å². The number of halogens is 2. The van der Waals surface area contributed by atoms with Crippen molar-refractivity contribution in [2.45, 2.75) is 33.4 Å². The van der Waals surface area contributed by atoms with Crippen LogP contribution in [0.15, 0.2) is 24.3 Å². The molecule has 0 radical (unpaired) electrons. The van der Waals surface area contributed by atoms with Gasteiger partial charge in [0.25, 0.3) is 5.91 Å². The van der Waals surface area contributed by atoms with Crippen molar-refractivity contribution in [1.82, 2.24) is 15.1 Å². The van der Waals surface area contributed by atoms with Gasteiger partial charge in [-0.1, -0.05) is 23.7 Å². The lowest BCUT2D eigenvalue weighted by Crippen LogP contribution is -2.30. The molecule has 0 aliphatic rings. The molecule has 0 saturated heterocycles. The van der Waals surface area contributed by atoms with Crippen LogP contribution in [0.1, 0.15) is 35.5 Å². The van der Waals surface area contributed by atoms with Gasteiger partial charge in [0.05, 0.1) is 17.8 Å². The number of nitrogens with zero attached hydrogens (tertiary/aromatic N) is 2. The number of aromatic nitrogens is 2. The second-order valence-corrected chi connectivity index (χ2v) is 5.52. The highest BCUT2D eigenvalue weighted by molar-refractivity contribution is 6.33. The predicted molar refractivity (Wildman–Crippen MR) is 80.1 cm³/mol. The molecule has 1 heterocycles. The summed E-state index contributed by atoms with van der Waals surface area (Å²) in [5.74, 6) is -0.531. The zero-order valence-corrected chi connectivity index (χ0v) is 12.9. The Balaban J connectivity index is 2.26. The molecular formula is C15H17ClFN3O. The summed E-state index contributed by atoms with van der Waals surface area (Å²) in [6.45, 7) is 5.88. The molecule has 0 fully saturated rings. The van der Waals surface area contributed by atoms with E-state index < -0.39 is 0 Å². The Morgan fingerprint density at radius 1 is 1.38 bits per heavy atom. The quantitative estimate of drug-likeness (QED) is 0.943. The minimum Gasteiger partial charge on any atom is -0.350 e. The Morgan fingerprint density at radius 3 is 2.57 bits per heavy atom. The average molecular weight is 310 g/mol. The third kappa shape index (κ3) is 3.61. The number of carbonyl (C=O) groups excluding carboxylic acids is 1. The molecule has 0 saturated carbocycles. The van der Waals surface area contributed by atoms with Crippen LogP contribution in [-0.2, 0) is 6.54 Å². The Bertz CT molecular complexity index is 650. The molecule has 1 amide bonds. The fourth-order valence-corrected chi connectivity index (χ4v) is 2.33. The minimum atomic E-state index is -0.293. The first-order chi connectivity index (χ1) is 9.88. The molecule has 1 aromatic carbocycles. The topological polar surface area (TPSA) is 46.9 Å². The van der Waals surface area contributed by atoms with Gasteiger partial charge < -0.3 is 5.32 Å². The maximum absolute atomic E-state index is 12.9. The Kier molecular flexibility index (Phi) is 4.63. The average Bonchev–Trinajstić information content (AvgIpc) is 2.66. The van der Waals surface area contributed by atoms with Crippen LogP contribution in [-0.4, -0.2) is 21.7 Å². The van der Waals surface area contributed by atoms with Crippen LogP contribution >= 0.6 is 11.6 Å². The number of hydrogen-bond donors (Lipinski definition) is 1. The maximum Gasteiger partial charge on any atom is 0.256 e.